The lowest BCUT2D eigenvalue weighted by atomic mass is 9.98. The number of benzene rings is 1. The molecule has 0 spiro atoms. The first-order valence-corrected chi connectivity index (χ1v) is 6.33. The van der Waals surface area contributed by atoms with E-state index in [2.05, 4.69) is 12.1 Å². The molecule has 1 aromatic rings. The van der Waals surface area contributed by atoms with Gasteiger partial charge in [0.25, 0.3) is 0 Å². The van der Waals surface area contributed by atoms with Crippen molar-refractivity contribution in [2.24, 2.45) is 0 Å². The summed E-state index contributed by atoms with van der Waals surface area (Å²) in [5.74, 6) is 0.216. The Morgan fingerprint density at radius 1 is 1.31 bits per heavy atom. The first-order chi connectivity index (χ1) is 7.75. The molecule has 1 heterocycles. The molecule has 0 aromatic heterocycles. The molecule has 1 aliphatic carbocycles. The lowest BCUT2D eigenvalue weighted by Crippen LogP contribution is -2.11. The number of ketones is 1. The van der Waals surface area contributed by atoms with Crippen LogP contribution in [0, 0.1) is 0 Å². The van der Waals surface area contributed by atoms with Crippen molar-refractivity contribution < 1.29 is 4.79 Å². The maximum absolute atomic E-state index is 11.8. The molecule has 0 amide bonds. The molecule has 0 bridgehead atoms. The number of rotatable bonds is 0. The van der Waals surface area contributed by atoms with Crippen LogP contribution in [0.3, 0.4) is 0 Å². The van der Waals surface area contributed by atoms with Gasteiger partial charge in [0.15, 0.2) is 5.78 Å². The average Bonchev–Trinajstić information content (AvgIpc) is 2.28. The quantitative estimate of drug-likeness (QED) is 0.695. The van der Waals surface area contributed by atoms with E-state index in [-0.39, 0.29) is 5.78 Å². The fourth-order valence-corrected chi connectivity index (χ4v) is 3.45. The van der Waals surface area contributed by atoms with Gasteiger partial charge in [-0.1, -0.05) is 47.6 Å². The molecule has 1 aromatic carbocycles. The van der Waals surface area contributed by atoms with Gasteiger partial charge in [0.05, 0.1) is 9.93 Å². The number of thioether (sulfide) groups is 1. The Balaban J connectivity index is 2.11. The van der Waals surface area contributed by atoms with Gasteiger partial charge in [-0.15, -0.1) is 0 Å². The van der Waals surface area contributed by atoms with E-state index in [1.165, 1.54) is 17.3 Å². The third-order valence-corrected chi connectivity index (χ3v) is 4.61. The van der Waals surface area contributed by atoms with E-state index in [4.69, 9.17) is 11.6 Å². The third-order valence-electron chi connectivity index (χ3n) is 2.80. The second-order valence-electron chi connectivity index (χ2n) is 3.89. The maximum atomic E-state index is 11.8. The minimum atomic E-state index is 0.216. The van der Waals surface area contributed by atoms with Crippen LogP contribution in [0.15, 0.2) is 45.7 Å². The first-order valence-electron chi connectivity index (χ1n) is 5.14. The molecule has 0 radical (unpaired) electrons. The van der Waals surface area contributed by atoms with Crippen LogP contribution < -0.4 is 0 Å². The number of Topliss-reactive ketones (excluding diaryl/α,β-unsaturated/α-hetero) is 1. The van der Waals surface area contributed by atoms with E-state index < -0.39 is 0 Å². The Morgan fingerprint density at radius 3 is 3.06 bits per heavy atom. The van der Waals surface area contributed by atoms with Gasteiger partial charge in [-0.05, 0) is 23.6 Å². The van der Waals surface area contributed by atoms with Crippen LogP contribution in [0.25, 0.3) is 0 Å². The molecule has 2 aliphatic rings. The Bertz CT molecular complexity index is 543. The highest BCUT2D eigenvalue weighted by atomic mass is 35.5. The van der Waals surface area contributed by atoms with Gasteiger partial charge in [0, 0.05) is 11.3 Å². The molecule has 1 aliphatic heterocycles. The van der Waals surface area contributed by atoms with Gasteiger partial charge in [0.1, 0.15) is 0 Å². The minimum absolute atomic E-state index is 0.216. The molecule has 80 valence electrons. The number of hydrogen-bond acceptors (Lipinski definition) is 2. The number of hydrogen-bond donors (Lipinski definition) is 0. The largest absolute Gasteiger partial charge is 0.293 e. The zero-order chi connectivity index (χ0) is 11.1. The van der Waals surface area contributed by atoms with Crippen molar-refractivity contribution >= 4 is 29.1 Å². The van der Waals surface area contributed by atoms with E-state index in [1.807, 2.05) is 18.2 Å². The summed E-state index contributed by atoms with van der Waals surface area (Å²) >= 11 is 7.67. The molecule has 0 atom stereocenters. The van der Waals surface area contributed by atoms with E-state index in [0.717, 1.165) is 26.8 Å². The predicted octanol–water partition coefficient (Wildman–Crippen LogP) is 3.77. The van der Waals surface area contributed by atoms with Crippen molar-refractivity contribution in [3.8, 4) is 0 Å². The summed E-state index contributed by atoms with van der Waals surface area (Å²) in [4.78, 5) is 13.7. The molecule has 0 N–H and O–H groups in total. The maximum Gasteiger partial charge on any atom is 0.173 e. The number of halogens is 1. The van der Waals surface area contributed by atoms with Crippen LogP contribution >= 0.6 is 23.4 Å². The van der Waals surface area contributed by atoms with Crippen molar-refractivity contribution in [3.63, 3.8) is 0 Å². The summed E-state index contributed by atoms with van der Waals surface area (Å²) in [6.45, 7) is 0. The van der Waals surface area contributed by atoms with Crippen molar-refractivity contribution in [2.75, 3.05) is 0 Å². The molecule has 0 saturated heterocycles. The SMILES string of the molecule is O=C1CC=CC2=C1Sc1c(Cl)cccc1C2. The van der Waals surface area contributed by atoms with Crippen molar-refractivity contribution in [2.45, 2.75) is 17.7 Å². The standard InChI is InChI=1S/C13H9ClOS/c14-10-5-1-3-8-7-9-4-2-6-11(15)13(9)16-12(8)10/h1-5H,6-7H2. The molecule has 0 unspecified atom stereocenters. The highest BCUT2D eigenvalue weighted by molar-refractivity contribution is 8.04. The first kappa shape index (κ1) is 10.2. The monoisotopic (exact) mass is 248 g/mol. The lowest BCUT2D eigenvalue weighted by molar-refractivity contribution is -0.114. The Morgan fingerprint density at radius 2 is 2.19 bits per heavy atom. The van der Waals surface area contributed by atoms with E-state index >= 15 is 0 Å². The van der Waals surface area contributed by atoms with E-state index in [1.54, 1.807) is 0 Å². The molecule has 1 nitrogen and oxygen atoms in total. The smallest absolute Gasteiger partial charge is 0.173 e. The number of allylic oxidation sites excluding steroid dienone is 4. The average molecular weight is 249 g/mol. The number of carbonyl (C=O) groups is 1. The summed E-state index contributed by atoms with van der Waals surface area (Å²) in [7, 11) is 0. The van der Waals surface area contributed by atoms with Gasteiger partial charge in [-0.2, -0.15) is 0 Å². The summed E-state index contributed by atoms with van der Waals surface area (Å²) in [5.41, 5.74) is 2.35. The summed E-state index contributed by atoms with van der Waals surface area (Å²) in [6, 6.07) is 5.91. The lowest BCUT2D eigenvalue weighted by Gasteiger charge is -2.22. The zero-order valence-corrected chi connectivity index (χ0v) is 10.1. The number of carbonyl (C=O) groups excluding carboxylic acids is 1. The van der Waals surface area contributed by atoms with Crippen LogP contribution in [-0.4, -0.2) is 5.78 Å². The molecule has 3 rings (SSSR count). The Labute approximate surface area is 103 Å². The minimum Gasteiger partial charge on any atom is -0.293 e. The van der Waals surface area contributed by atoms with Gasteiger partial charge in [0.2, 0.25) is 0 Å². The second kappa shape index (κ2) is 3.79. The summed E-state index contributed by atoms with van der Waals surface area (Å²) < 4.78 is 0. The molecular weight excluding hydrogens is 240 g/mol. The fraction of sp³-hybridized carbons (Fsp3) is 0.154. The van der Waals surface area contributed by atoms with Crippen molar-refractivity contribution in [1.29, 1.82) is 0 Å². The topological polar surface area (TPSA) is 17.1 Å². The van der Waals surface area contributed by atoms with E-state index in [0.29, 0.717) is 6.42 Å². The highest BCUT2D eigenvalue weighted by Gasteiger charge is 2.25. The van der Waals surface area contributed by atoms with Crippen LogP contribution in [0.2, 0.25) is 5.02 Å². The van der Waals surface area contributed by atoms with Gasteiger partial charge in [-0.3, -0.25) is 4.79 Å². The normalized spacial score (nSPS) is 18.4. The molecular formula is C13H9ClOS. The van der Waals surface area contributed by atoms with Gasteiger partial charge < -0.3 is 0 Å². The molecule has 3 heteroatoms. The Hall–Kier alpha value is -0.990. The van der Waals surface area contributed by atoms with Crippen LogP contribution in [-0.2, 0) is 11.2 Å². The van der Waals surface area contributed by atoms with Crippen molar-refractivity contribution in [1.82, 2.24) is 0 Å². The third kappa shape index (κ3) is 1.53. The van der Waals surface area contributed by atoms with Gasteiger partial charge in [-0.25, -0.2) is 0 Å². The summed E-state index contributed by atoms with van der Waals surface area (Å²) in [5, 5.41) is 0.747. The van der Waals surface area contributed by atoms with Crippen LogP contribution in [0.4, 0.5) is 0 Å². The highest BCUT2D eigenvalue weighted by Crippen LogP contribution is 2.44. The Kier molecular flexibility index (Phi) is 2.41. The second-order valence-corrected chi connectivity index (χ2v) is 5.32. The van der Waals surface area contributed by atoms with Crippen LogP contribution in [0.1, 0.15) is 12.0 Å². The molecule has 0 saturated carbocycles. The molecule has 0 fully saturated rings. The van der Waals surface area contributed by atoms with E-state index in [9.17, 15) is 4.79 Å². The van der Waals surface area contributed by atoms with Gasteiger partial charge >= 0.3 is 0 Å². The van der Waals surface area contributed by atoms with Crippen LogP contribution in [0.5, 0.6) is 0 Å². The fourth-order valence-electron chi connectivity index (χ4n) is 2.03. The zero-order valence-electron chi connectivity index (χ0n) is 8.50. The molecule has 16 heavy (non-hydrogen) atoms. The number of fused-ring (bicyclic) bond motifs is 1. The van der Waals surface area contributed by atoms with Crippen molar-refractivity contribution in [3.05, 3.63) is 51.4 Å². The summed E-state index contributed by atoms with van der Waals surface area (Å²) in [6.07, 6.45) is 5.34. The predicted molar refractivity (Wildman–Crippen MR) is 66.8 cm³/mol.